The SMILES string of the molecule is CSc1ccccc1NC(=O)CN(C)C(=O)COC(=O)c1cccnc1SC. The number of hydrogen-bond donors (Lipinski definition) is 1. The third-order valence-electron chi connectivity index (χ3n) is 3.70. The number of benzene rings is 1. The number of likely N-dealkylation sites (N-methyl/N-ethyl adjacent to an activating group) is 1. The highest BCUT2D eigenvalue weighted by molar-refractivity contribution is 7.98. The highest BCUT2D eigenvalue weighted by Gasteiger charge is 2.18. The monoisotopic (exact) mass is 419 g/mol. The average Bonchev–Trinajstić information content (AvgIpc) is 2.71. The lowest BCUT2D eigenvalue weighted by Gasteiger charge is -2.17. The van der Waals surface area contributed by atoms with Crippen LogP contribution in [0.2, 0.25) is 0 Å². The molecule has 0 aliphatic heterocycles. The molecular formula is C19H21N3O4S2. The Balaban J connectivity index is 1.87. The molecule has 1 aromatic heterocycles. The molecule has 2 amide bonds. The Morgan fingerprint density at radius 3 is 2.57 bits per heavy atom. The van der Waals surface area contributed by atoms with E-state index in [-0.39, 0.29) is 12.5 Å². The number of para-hydroxylation sites is 1. The van der Waals surface area contributed by atoms with E-state index < -0.39 is 18.5 Å². The smallest absolute Gasteiger partial charge is 0.341 e. The van der Waals surface area contributed by atoms with Crippen molar-refractivity contribution in [1.82, 2.24) is 9.88 Å². The predicted octanol–water partition coefficient (Wildman–Crippen LogP) is 2.78. The van der Waals surface area contributed by atoms with Crippen LogP contribution < -0.4 is 5.32 Å². The van der Waals surface area contributed by atoms with Gasteiger partial charge in [0, 0.05) is 18.1 Å². The fraction of sp³-hybridized carbons (Fsp3) is 0.263. The van der Waals surface area contributed by atoms with Crippen molar-refractivity contribution in [2.24, 2.45) is 0 Å². The maximum atomic E-state index is 12.2. The zero-order valence-corrected chi connectivity index (χ0v) is 17.4. The molecule has 0 spiro atoms. The highest BCUT2D eigenvalue weighted by Crippen LogP contribution is 2.24. The molecule has 2 rings (SSSR count). The number of aromatic nitrogens is 1. The van der Waals surface area contributed by atoms with Crippen molar-refractivity contribution in [1.29, 1.82) is 0 Å². The number of esters is 1. The van der Waals surface area contributed by atoms with Crippen LogP contribution in [0.1, 0.15) is 10.4 Å². The minimum atomic E-state index is -0.627. The largest absolute Gasteiger partial charge is 0.452 e. The first-order valence-electron chi connectivity index (χ1n) is 8.29. The minimum absolute atomic E-state index is 0.151. The summed E-state index contributed by atoms with van der Waals surface area (Å²) in [5.74, 6) is -1.44. The molecule has 148 valence electrons. The molecular weight excluding hydrogens is 398 g/mol. The predicted molar refractivity (Wildman–Crippen MR) is 111 cm³/mol. The van der Waals surface area contributed by atoms with Gasteiger partial charge < -0.3 is 15.0 Å². The van der Waals surface area contributed by atoms with Gasteiger partial charge in [-0.25, -0.2) is 9.78 Å². The Hall–Kier alpha value is -2.52. The van der Waals surface area contributed by atoms with E-state index in [4.69, 9.17) is 4.74 Å². The normalized spacial score (nSPS) is 10.2. The van der Waals surface area contributed by atoms with E-state index >= 15 is 0 Å². The lowest BCUT2D eigenvalue weighted by molar-refractivity contribution is -0.136. The van der Waals surface area contributed by atoms with Crippen LogP contribution in [0.4, 0.5) is 5.69 Å². The molecule has 0 atom stereocenters. The van der Waals surface area contributed by atoms with Gasteiger partial charge in [-0.05, 0) is 36.8 Å². The molecule has 0 aliphatic carbocycles. The summed E-state index contributed by atoms with van der Waals surface area (Å²) in [4.78, 5) is 42.8. The van der Waals surface area contributed by atoms with Crippen molar-refractivity contribution in [3.63, 3.8) is 0 Å². The summed E-state index contributed by atoms with van der Waals surface area (Å²) in [6, 6.07) is 10.6. The van der Waals surface area contributed by atoms with Gasteiger partial charge in [-0.1, -0.05) is 12.1 Å². The maximum Gasteiger partial charge on any atom is 0.341 e. The van der Waals surface area contributed by atoms with Crippen molar-refractivity contribution in [3.8, 4) is 0 Å². The number of nitrogens with one attached hydrogen (secondary N) is 1. The van der Waals surface area contributed by atoms with Crippen LogP contribution in [-0.4, -0.2) is 60.4 Å². The summed E-state index contributed by atoms with van der Waals surface area (Å²) in [5.41, 5.74) is 0.991. The van der Waals surface area contributed by atoms with Gasteiger partial charge in [0.25, 0.3) is 5.91 Å². The molecule has 2 aromatic rings. The fourth-order valence-electron chi connectivity index (χ4n) is 2.27. The summed E-state index contributed by atoms with van der Waals surface area (Å²) >= 11 is 2.83. The van der Waals surface area contributed by atoms with E-state index in [9.17, 15) is 14.4 Å². The van der Waals surface area contributed by atoms with Gasteiger partial charge in [0.05, 0.1) is 17.8 Å². The number of hydrogen-bond acceptors (Lipinski definition) is 7. The molecule has 1 N–H and O–H groups in total. The van der Waals surface area contributed by atoms with Crippen LogP contribution in [0.25, 0.3) is 0 Å². The van der Waals surface area contributed by atoms with Crippen molar-refractivity contribution in [2.75, 3.05) is 38.0 Å². The fourth-order valence-corrected chi connectivity index (χ4v) is 3.36. The van der Waals surface area contributed by atoms with Gasteiger partial charge in [-0.2, -0.15) is 0 Å². The Kier molecular flexibility index (Phi) is 8.34. The van der Waals surface area contributed by atoms with Crippen molar-refractivity contribution < 1.29 is 19.1 Å². The van der Waals surface area contributed by atoms with Gasteiger partial charge in [0.15, 0.2) is 6.61 Å². The van der Waals surface area contributed by atoms with E-state index in [0.29, 0.717) is 16.3 Å². The number of carbonyl (C=O) groups is 3. The number of thioether (sulfide) groups is 2. The molecule has 7 nitrogen and oxygen atoms in total. The third-order valence-corrected chi connectivity index (χ3v) is 5.21. The van der Waals surface area contributed by atoms with Crippen molar-refractivity contribution >= 4 is 47.0 Å². The van der Waals surface area contributed by atoms with Gasteiger partial charge in [0.1, 0.15) is 5.03 Å². The first-order chi connectivity index (χ1) is 13.5. The van der Waals surface area contributed by atoms with Crippen LogP contribution in [0.15, 0.2) is 52.5 Å². The Labute approximate surface area is 172 Å². The summed E-state index contributed by atoms with van der Waals surface area (Å²) in [6.07, 6.45) is 5.29. The molecule has 0 radical (unpaired) electrons. The third kappa shape index (κ3) is 6.00. The van der Waals surface area contributed by atoms with Gasteiger partial charge in [-0.15, -0.1) is 23.5 Å². The van der Waals surface area contributed by atoms with Gasteiger partial charge >= 0.3 is 5.97 Å². The van der Waals surface area contributed by atoms with Gasteiger partial charge in [-0.3, -0.25) is 9.59 Å². The molecule has 0 bridgehead atoms. The van der Waals surface area contributed by atoms with E-state index in [1.165, 1.54) is 35.5 Å². The molecule has 1 heterocycles. The summed E-state index contributed by atoms with van der Waals surface area (Å²) in [6.45, 7) is -0.602. The number of nitrogens with zero attached hydrogens (tertiary/aromatic N) is 2. The highest BCUT2D eigenvalue weighted by atomic mass is 32.2. The molecule has 9 heteroatoms. The zero-order chi connectivity index (χ0) is 20.5. The Bertz CT molecular complexity index is 861. The number of pyridine rings is 1. The van der Waals surface area contributed by atoms with Crippen LogP contribution in [0, 0.1) is 0 Å². The summed E-state index contributed by atoms with van der Waals surface area (Å²) < 4.78 is 5.07. The molecule has 28 heavy (non-hydrogen) atoms. The summed E-state index contributed by atoms with van der Waals surface area (Å²) in [7, 11) is 1.48. The lowest BCUT2D eigenvalue weighted by Crippen LogP contribution is -2.37. The summed E-state index contributed by atoms with van der Waals surface area (Å²) in [5, 5.41) is 3.31. The number of rotatable bonds is 8. The van der Waals surface area contributed by atoms with E-state index in [2.05, 4.69) is 10.3 Å². The Morgan fingerprint density at radius 2 is 1.86 bits per heavy atom. The molecule has 1 aromatic carbocycles. The van der Waals surface area contributed by atoms with Crippen LogP contribution in [0.3, 0.4) is 0 Å². The molecule has 0 fully saturated rings. The minimum Gasteiger partial charge on any atom is -0.452 e. The van der Waals surface area contributed by atoms with Crippen molar-refractivity contribution in [2.45, 2.75) is 9.92 Å². The van der Waals surface area contributed by atoms with Crippen LogP contribution in [-0.2, 0) is 14.3 Å². The van der Waals surface area contributed by atoms with Crippen molar-refractivity contribution in [3.05, 3.63) is 48.2 Å². The maximum absolute atomic E-state index is 12.2. The number of amides is 2. The molecule has 0 saturated heterocycles. The number of ether oxygens (including phenoxy) is 1. The first-order valence-corrected chi connectivity index (χ1v) is 10.7. The second-order valence-electron chi connectivity index (χ2n) is 5.63. The quantitative estimate of drug-likeness (QED) is 0.520. The lowest BCUT2D eigenvalue weighted by atomic mass is 10.3. The first kappa shape index (κ1) is 21.8. The van der Waals surface area contributed by atoms with E-state index in [0.717, 1.165) is 4.90 Å². The number of anilines is 1. The van der Waals surface area contributed by atoms with E-state index in [1.54, 1.807) is 30.7 Å². The Morgan fingerprint density at radius 1 is 1.11 bits per heavy atom. The number of carbonyl (C=O) groups excluding carboxylic acids is 3. The standard InChI is InChI=1S/C19H21N3O4S2/c1-22(11-16(23)21-14-8-4-5-9-15(14)27-2)17(24)12-26-19(25)13-7-6-10-20-18(13)28-3/h4-10H,11-12H2,1-3H3,(H,21,23). The van der Waals surface area contributed by atoms with Crippen LogP contribution in [0.5, 0.6) is 0 Å². The second kappa shape index (κ2) is 10.7. The molecule has 0 saturated carbocycles. The van der Waals surface area contributed by atoms with E-state index in [1.807, 2.05) is 24.5 Å². The van der Waals surface area contributed by atoms with Gasteiger partial charge in [0.2, 0.25) is 5.91 Å². The van der Waals surface area contributed by atoms with Crippen LogP contribution >= 0.6 is 23.5 Å². The zero-order valence-electron chi connectivity index (χ0n) is 15.8. The topological polar surface area (TPSA) is 88.6 Å². The molecule has 0 aliphatic rings. The second-order valence-corrected chi connectivity index (χ2v) is 7.28. The molecule has 0 unspecified atom stereocenters. The average molecular weight is 420 g/mol.